The Balaban J connectivity index is 1.96. The largest absolute Gasteiger partial charge is 0.340 e. The van der Waals surface area contributed by atoms with Crippen molar-refractivity contribution in [1.82, 2.24) is 9.80 Å². The molecule has 0 bridgehead atoms. The SMILES string of the molecule is CC(=O)N1CCN(CC(=O)c2cccc(CS(N)(=O)=O)c2)CC1. The lowest BCUT2D eigenvalue weighted by atomic mass is 10.1. The van der Waals surface area contributed by atoms with Gasteiger partial charge >= 0.3 is 0 Å². The van der Waals surface area contributed by atoms with Crippen molar-refractivity contribution in [1.29, 1.82) is 0 Å². The van der Waals surface area contributed by atoms with Gasteiger partial charge in [0.15, 0.2) is 5.78 Å². The number of primary sulfonamides is 1. The quantitative estimate of drug-likeness (QED) is 0.750. The van der Waals surface area contributed by atoms with E-state index in [4.69, 9.17) is 5.14 Å². The Morgan fingerprint density at radius 2 is 1.83 bits per heavy atom. The zero-order valence-electron chi connectivity index (χ0n) is 13.1. The molecule has 1 fully saturated rings. The highest BCUT2D eigenvalue weighted by atomic mass is 32.2. The van der Waals surface area contributed by atoms with Crippen molar-refractivity contribution in [3.8, 4) is 0 Å². The molecule has 23 heavy (non-hydrogen) atoms. The minimum absolute atomic E-state index is 0.0478. The summed E-state index contributed by atoms with van der Waals surface area (Å²) < 4.78 is 22.3. The number of ketones is 1. The normalized spacial score (nSPS) is 16.3. The minimum Gasteiger partial charge on any atom is -0.340 e. The molecule has 1 aromatic rings. The summed E-state index contributed by atoms with van der Waals surface area (Å²) in [6.45, 7) is 4.34. The lowest BCUT2D eigenvalue weighted by Gasteiger charge is -2.33. The average molecular weight is 339 g/mol. The van der Waals surface area contributed by atoms with Crippen LogP contribution in [0.25, 0.3) is 0 Å². The fourth-order valence-corrected chi connectivity index (χ4v) is 3.23. The summed E-state index contributed by atoms with van der Waals surface area (Å²) in [7, 11) is -3.62. The molecule has 7 nitrogen and oxygen atoms in total. The van der Waals surface area contributed by atoms with Crippen LogP contribution in [-0.4, -0.2) is 62.6 Å². The number of Topliss-reactive ketones (excluding diaryl/α,β-unsaturated/α-hetero) is 1. The molecular weight excluding hydrogens is 318 g/mol. The monoisotopic (exact) mass is 339 g/mol. The lowest BCUT2D eigenvalue weighted by Crippen LogP contribution is -2.49. The molecule has 1 aliphatic rings. The van der Waals surface area contributed by atoms with Crippen molar-refractivity contribution < 1.29 is 18.0 Å². The Morgan fingerprint density at radius 1 is 1.17 bits per heavy atom. The fourth-order valence-electron chi connectivity index (χ4n) is 2.58. The van der Waals surface area contributed by atoms with Crippen molar-refractivity contribution in [3.05, 3.63) is 35.4 Å². The maximum atomic E-state index is 12.3. The summed E-state index contributed by atoms with van der Waals surface area (Å²) in [6, 6.07) is 6.52. The van der Waals surface area contributed by atoms with Crippen LogP contribution in [0.1, 0.15) is 22.8 Å². The van der Waals surface area contributed by atoms with Crippen LogP contribution < -0.4 is 5.14 Å². The van der Waals surface area contributed by atoms with E-state index in [1.54, 1.807) is 29.2 Å². The van der Waals surface area contributed by atoms with Gasteiger partial charge in [0.05, 0.1) is 12.3 Å². The molecule has 1 saturated heterocycles. The first-order valence-corrected chi connectivity index (χ1v) is 9.06. The average Bonchev–Trinajstić information content (AvgIpc) is 2.46. The molecule has 1 aromatic carbocycles. The topological polar surface area (TPSA) is 101 Å². The van der Waals surface area contributed by atoms with E-state index in [1.165, 1.54) is 6.92 Å². The smallest absolute Gasteiger partial charge is 0.219 e. The van der Waals surface area contributed by atoms with Crippen LogP contribution in [0.2, 0.25) is 0 Å². The molecule has 1 aliphatic heterocycles. The molecule has 1 amide bonds. The van der Waals surface area contributed by atoms with Gasteiger partial charge in [-0.05, 0) is 11.6 Å². The maximum Gasteiger partial charge on any atom is 0.219 e. The van der Waals surface area contributed by atoms with Crippen molar-refractivity contribution in [3.63, 3.8) is 0 Å². The van der Waals surface area contributed by atoms with E-state index < -0.39 is 10.0 Å². The third kappa shape index (κ3) is 5.42. The zero-order valence-corrected chi connectivity index (χ0v) is 13.9. The van der Waals surface area contributed by atoms with Gasteiger partial charge < -0.3 is 4.90 Å². The van der Waals surface area contributed by atoms with Gasteiger partial charge in [-0.2, -0.15) is 0 Å². The van der Waals surface area contributed by atoms with E-state index in [0.29, 0.717) is 37.3 Å². The first kappa shape index (κ1) is 17.6. The molecule has 0 aromatic heterocycles. The number of piperazine rings is 1. The molecule has 0 atom stereocenters. The van der Waals surface area contributed by atoms with Gasteiger partial charge in [0, 0.05) is 38.7 Å². The molecule has 126 valence electrons. The summed E-state index contributed by atoms with van der Waals surface area (Å²) in [6.07, 6.45) is 0. The Hall–Kier alpha value is -1.77. The van der Waals surface area contributed by atoms with Gasteiger partial charge in [0.25, 0.3) is 0 Å². The molecule has 1 heterocycles. The number of rotatable bonds is 5. The molecular formula is C15H21N3O4S. The standard InChI is InChI=1S/C15H21N3O4S/c1-12(19)18-7-5-17(6-8-18)10-15(20)14-4-2-3-13(9-14)11-23(16,21)22/h2-4,9H,5-8,10-11H2,1H3,(H2,16,21,22). The first-order chi connectivity index (χ1) is 10.7. The predicted octanol–water partition coefficient (Wildman–Crippen LogP) is -0.178. The van der Waals surface area contributed by atoms with E-state index in [2.05, 4.69) is 0 Å². The second-order valence-corrected chi connectivity index (χ2v) is 7.33. The van der Waals surface area contributed by atoms with Gasteiger partial charge in [-0.3, -0.25) is 14.5 Å². The van der Waals surface area contributed by atoms with Crippen LogP contribution in [0.3, 0.4) is 0 Å². The van der Waals surface area contributed by atoms with Gasteiger partial charge in [0.1, 0.15) is 0 Å². The Kier molecular flexibility index (Phi) is 5.51. The second kappa shape index (κ2) is 7.20. The molecule has 2 rings (SSSR count). The molecule has 0 aliphatic carbocycles. The highest BCUT2D eigenvalue weighted by Gasteiger charge is 2.21. The summed E-state index contributed by atoms with van der Waals surface area (Å²) >= 11 is 0. The Morgan fingerprint density at radius 3 is 2.39 bits per heavy atom. The number of nitrogens with zero attached hydrogens (tertiary/aromatic N) is 2. The first-order valence-electron chi connectivity index (χ1n) is 7.35. The molecule has 2 N–H and O–H groups in total. The van der Waals surface area contributed by atoms with E-state index in [0.717, 1.165) is 0 Å². The highest BCUT2D eigenvalue weighted by molar-refractivity contribution is 7.88. The van der Waals surface area contributed by atoms with Crippen LogP contribution in [0.4, 0.5) is 0 Å². The third-order valence-electron chi connectivity index (χ3n) is 3.80. The van der Waals surface area contributed by atoms with Crippen LogP contribution in [0.15, 0.2) is 24.3 Å². The Bertz CT molecular complexity index is 694. The van der Waals surface area contributed by atoms with Crippen molar-refractivity contribution in [2.75, 3.05) is 32.7 Å². The van der Waals surface area contributed by atoms with Crippen molar-refractivity contribution in [2.24, 2.45) is 5.14 Å². The van der Waals surface area contributed by atoms with Crippen LogP contribution in [0.5, 0.6) is 0 Å². The molecule has 0 radical (unpaired) electrons. The van der Waals surface area contributed by atoms with Crippen LogP contribution in [0, 0.1) is 0 Å². The van der Waals surface area contributed by atoms with Crippen molar-refractivity contribution >= 4 is 21.7 Å². The molecule has 0 spiro atoms. The van der Waals surface area contributed by atoms with E-state index in [9.17, 15) is 18.0 Å². The maximum absolute atomic E-state index is 12.3. The number of benzene rings is 1. The van der Waals surface area contributed by atoms with E-state index >= 15 is 0 Å². The predicted molar refractivity (Wildman–Crippen MR) is 86.3 cm³/mol. The van der Waals surface area contributed by atoms with Crippen molar-refractivity contribution in [2.45, 2.75) is 12.7 Å². The third-order valence-corrected chi connectivity index (χ3v) is 4.54. The van der Waals surface area contributed by atoms with Gasteiger partial charge in [-0.25, -0.2) is 13.6 Å². The second-order valence-electron chi connectivity index (χ2n) is 5.71. The van der Waals surface area contributed by atoms with Crippen LogP contribution in [-0.2, 0) is 20.6 Å². The number of amides is 1. The molecule has 0 saturated carbocycles. The summed E-state index contributed by atoms with van der Waals surface area (Å²) in [5.74, 6) is -0.310. The number of sulfonamides is 1. The van der Waals surface area contributed by atoms with E-state index in [1.807, 2.05) is 4.90 Å². The number of nitrogens with two attached hydrogens (primary N) is 1. The highest BCUT2D eigenvalue weighted by Crippen LogP contribution is 2.10. The van der Waals surface area contributed by atoms with Gasteiger partial charge in [-0.15, -0.1) is 0 Å². The van der Waals surface area contributed by atoms with Crippen LogP contribution >= 0.6 is 0 Å². The zero-order chi connectivity index (χ0) is 17.0. The van der Waals surface area contributed by atoms with E-state index in [-0.39, 0.29) is 24.0 Å². The Labute approximate surface area is 136 Å². The summed E-state index contributed by atoms with van der Waals surface area (Å²) in [5, 5.41) is 5.03. The number of hydrogen-bond donors (Lipinski definition) is 1. The summed E-state index contributed by atoms with van der Waals surface area (Å²) in [5.41, 5.74) is 0.972. The molecule has 8 heteroatoms. The van der Waals surface area contributed by atoms with Gasteiger partial charge in [-0.1, -0.05) is 18.2 Å². The fraction of sp³-hybridized carbons (Fsp3) is 0.467. The minimum atomic E-state index is -3.62. The number of hydrogen-bond acceptors (Lipinski definition) is 5. The van der Waals surface area contributed by atoms with Gasteiger partial charge in [0.2, 0.25) is 15.9 Å². The summed E-state index contributed by atoms with van der Waals surface area (Å²) in [4.78, 5) is 27.4. The lowest BCUT2D eigenvalue weighted by molar-refractivity contribution is -0.130. The number of carbonyl (C=O) groups excluding carboxylic acids is 2. The molecule has 0 unspecified atom stereocenters. The number of carbonyl (C=O) groups is 2.